The van der Waals surface area contributed by atoms with Gasteiger partial charge in [-0.15, -0.1) is 0 Å². The van der Waals surface area contributed by atoms with Crippen LogP contribution < -0.4 is 5.56 Å². The highest BCUT2D eigenvalue weighted by Gasteiger charge is 2.40. The van der Waals surface area contributed by atoms with E-state index in [9.17, 15) is 14.0 Å². The van der Waals surface area contributed by atoms with Gasteiger partial charge in [0, 0.05) is 18.2 Å². The monoisotopic (exact) mass is 328 g/mol. The van der Waals surface area contributed by atoms with Crippen LogP contribution in [0.3, 0.4) is 0 Å². The summed E-state index contributed by atoms with van der Waals surface area (Å²) in [6, 6.07) is 9.66. The Balaban J connectivity index is 1.88. The number of rotatable bonds is 3. The van der Waals surface area contributed by atoms with Crippen molar-refractivity contribution in [3.63, 3.8) is 0 Å². The average Bonchev–Trinajstić information content (AvgIpc) is 2.86. The van der Waals surface area contributed by atoms with E-state index in [-0.39, 0.29) is 22.8 Å². The maximum atomic E-state index is 13.5. The lowest BCUT2D eigenvalue weighted by Gasteiger charge is -2.35. The first-order valence-electron chi connectivity index (χ1n) is 8.15. The summed E-state index contributed by atoms with van der Waals surface area (Å²) in [6.45, 7) is 4.46. The Hall–Kier alpha value is -2.43. The Morgan fingerprint density at radius 3 is 2.83 bits per heavy atom. The van der Waals surface area contributed by atoms with Crippen LogP contribution >= 0.6 is 0 Å². The zero-order valence-corrected chi connectivity index (χ0v) is 13.9. The summed E-state index contributed by atoms with van der Waals surface area (Å²) < 4.78 is 13.5. The summed E-state index contributed by atoms with van der Waals surface area (Å²) in [5.41, 5.74) is 1.28. The lowest BCUT2D eigenvalue weighted by molar-refractivity contribution is 0.0618. The van der Waals surface area contributed by atoms with Gasteiger partial charge in [0.1, 0.15) is 11.5 Å². The van der Waals surface area contributed by atoms with Crippen LogP contribution in [-0.2, 0) is 6.42 Å². The predicted octanol–water partition coefficient (Wildman–Crippen LogP) is 3.06. The molecule has 2 aromatic rings. The fourth-order valence-corrected chi connectivity index (χ4v) is 3.58. The lowest BCUT2D eigenvalue weighted by atomic mass is 9.90. The number of aromatic nitrogens is 1. The quantitative estimate of drug-likeness (QED) is 0.941. The van der Waals surface area contributed by atoms with Gasteiger partial charge in [0.2, 0.25) is 5.56 Å². The molecule has 0 bridgehead atoms. The number of benzene rings is 1. The standard InChI is InChI=1S/C19H21FN2O2/c1-13-9-16(21-17(23)10-13)18(24)22-8-4-7-19(22,2)12-14-5-3-6-15(20)11-14/h3,5-6,9-11H,4,7-8,12H2,1-2H3,(H,21,23). The van der Waals surface area contributed by atoms with E-state index in [1.807, 2.05) is 17.9 Å². The molecule has 1 unspecified atom stereocenters. The van der Waals surface area contributed by atoms with E-state index in [1.165, 1.54) is 18.2 Å². The van der Waals surface area contributed by atoms with E-state index in [2.05, 4.69) is 4.98 Å². The van der Waals surface area contributed by atoms with Gasteiger partial charge in [-0.25, -0.2) is 4.39 Å². The van der Waals surface area contributed by atoms with Gasteiger partial charge in [-0.05, 0) is 62.4 Å². The van der Waals surface area contributed by atoms with Crippen molar-refractivity contribution in [1.29, 1.82) is 0 Å². The van der Waals surface area contributed by atoms with Crippen LogP contribution in [0.15, 0.2) is 41.2 Å². The van der Waals surface area contributed by atoms with Crippen molar-refractivity contribution >= 4 is 5.91 Å². The molecule has 1 aliphatic heterocycles. The number of amides is 1. The smallest absolute Gasteiger partial charge is 0.270 e. The van der Waals surface area contributed by atoms with Crippen LogP contribution in [-0.4, -0.2) is 27.9 Å². The summed E-state index contributed by atoms with van der Waals surface area (Å²) in [5.74, 6) is -0.442. The first kappa shape index (κ1) is 16.4. The van der Waals surface area contributed by atoms with Gasteiger partial charge in [0.25, 0.3) is 5.91 Å². The van der Waals surface area contributed by atoms with Gasteiger partial charge in [-0.1, -0.05) is 12.1 Å². The Morgan fingerprint density at radius 1 is 1.33 bits per heavy atom. The van der Waals surface area contributed by atoms with Crippen molar-refractivity contribution in [2.24, 2.45) is 0 Å². The van der Waals surface area contributed by atoms with Crippen LogP contribution in [0, 0.1) is 12.7 Å². The summed E-state index contributed by atoms with van der Waals surface area (Å²) in [4.78, 5) is 29.0. The molecule has 126 valence electrons. The molecule has 1 amide bonds. The molecule has 1 aromatic carbocycles. The number of pyridine rings is 1. The highest BCUT2D eigenvalue weighted by molar-refractivity contribution is 5.93. The minimum atomic E-state index is -0.383. The van der Waals surface area contributed by atoms with Crippen LogP contribution in [0.2, 0.25) is 0 Å². The topological polar surface area (TPSA) is 53.2 Å². The number of carbonyl (C=O) groups is 1. The maximum Gasteiger partial charge on any atom is 0.270 e. The molecule has 4 nitrogen and oxygen atoms in total. The van der Waals surface area contributed by atoms with Gasteiger partial charge < -0.3 is 9.88 Å². The summed E-state index contributed by atoms with van der Waals surface area (Å²) in [6.07, 6.45) is 2.34. The molecule has 5 heteroatoms. The molecule has 0 radical (unpaired) electrons. The minimum absolute atomic E-state index is 0.174. The highest BCUT2D eigenvalue weighted by Crippen LogP contribution is 2.33. The Labute approximate surface area is 140 Å². The van der Waals surface area contributed by atoms with Crippen molar-refractivity contribution < 1.29 is 9.18 Å². The predicted molar refractivity (Wildman–Crippen MR) is 90.6 cm³/mol. The van der Waals surface area contributed by atoms with Crippen LogP contribution in [0.25, 0.3) is 0 Å². The van der Waals surface area contributed by atoms with Gasteiger partial charge in [0.15, 0.2) is 0 Å². The molecule has 1 N–H and O–H groups in total. The molecule has 3 rings (SSSR count). The third-order valence-electron chi connectivity index (χ3n) is 4.69. The summed E-state index contributed by atoms with van der Waals surface area (Å²) in [7, 11) is 0. The number of carbonyl (C=O) groups excluding carboxylic acids is 1. The van der Waals surface area contributed by atoms with E-state index < -0.39 is 0 Å². The SMILES string of the molecule is Cc1cc(C(=O)N2CCCC2(C)Cc2cccc(F)c2)[nH]c(=O)c1. The molecule has 1 atom stereocenters. The normalized spacial score (nSPS) is 20.4. The Kier molecular flexibility index (Phi) is 4.26. The number of H-pyrrole nitrogens is 1. The second kappa shape index (κ2) is 6.23. The van der Waals surface area contributed by atoms with Crippen molar-refractivity contribution in [2.45, 2.75) is 38.6 Å². The molecular formula is C19H21FN2O2. The highest BCUT2D eigenvalue weighted by atomic mass is 19.1. The van der Waals surface area contributed by atoms with Crippen LogP contribution in [0.5, 0.6) is 0 Å². The third kappa shape index (κ3) is 3.25. The number of aromatic amines is 1. The lowest BCUT2D eigenvalue weighted by Crippen LogP contribution is -2.47. The molecule has 1 aromatic heterocycles. The van der Waals surface area contributed by atoms with Crippen molar-refractivity contribution in [2.75, 3.05) is 6.54 Å². The molecule has 1 fully saturated rings. The second-order valence-corrected chi connectivity index (χ2v) is 6.80. The number of aryl methyl sites for hydroxylation is 1. The van der Waals surface area contributed by atoms with Crippen molar-refractivity contribution in [3.8, 4) is 0 Å². The Morgan fingerprint density at radius 2 is 2.12 bits per heavy atom. The minimum Gasteiger partial charge on any atom is -0.332 e. The van der Waals surface area contributed by atoms with Gasteiger partial charge >= 0.3 is 0 Å². The van der Waals surface area contributed by atoms with Crippen LogP contribution in [0.1, 0.15) is 41.4 Å². The van der Waals surface area contributed by atoms with Gasteiger partial charge in [-0.3, -0.25) is 9.59 Å². The largest absolute Gasteiger partial charge is 0.332 e. The molecular weight excluding hydrogens is 307 g/mol. The van der Waals surface area contributed by atoms with E-state index in [0.29, 0.717) is 18.7 Å². The van der Waals surface area contributed by atoms with Crippen molar-refractivity contribution in [3.05, 3.63) is 69.4 Å². The van der Waals surface area contributed by atoms with Crippen molar-refractivity contribution in [1.82, 2.24) is 9.88 Å². The Bertz CT molecular complexity index is 830. The van der Waals surface area contributed by atoms with Gasteiger partial charge in [-0.2, -0.15) is 0 Å². The second-order valence-electron chi connectivity index (χ2n) is 6.80. The molecule has 24 heavy (non-hydrogen) atoms. The van der Waals surface area contributed by atoms with E-state index in [4.69, 9.17) is 0 Å². The number of nitrogens with one attached hydrogen (secondary N) is 1. The zero-order chi connectivity index (χ0) is 17.3. The number of likely N-dealkylation sites (tertiary alicyclic amines) is 1. The van der Waals surface area contributed by atoms with Gasteiger partial charge in [0.05, 0.1) is 0 Å². The molecule has 1 aliphatic rings. The summed E-state index contributed by atoms with van der Waals surface area (Å²) >= 11 is 0. The van der Waals surface area contributed by atoms with E-state index in [1.54, 1.807) is 19.1 Å². The number of nitrogens with zero attached hydrogens (tertiary/aromatic N) is 1. The molecule has 0 saturated carbocycles. The maximum absolute atomic E-state index is 13.5. The number of halogens is 1. The zero-order valence-electron chi connectivity index (χ0n) is 13.9. The molecule has 1 saturated heterocycles. The number of hydrogen-bond acceptors (Lipinski definition) is 2. The molecule has 0 aliphatic carbocycles. The van der Waals surface area contributed by atoms with Crippen LogP contribution in [0.4, 0.5) is 4.39 Å². The third-order valence-corrected chi connectivity index (χ3v) is 4.69. The first-order valence-corrected chi connectivity index (χ1v) is 8.15. The number of hydrogen-bond donors (Lipinski definition) is 1. The molecule has 0 spiro atoms. The summed E-state index contributed by atoms with van der Waals surface area (Å²) in [5, 5.41) is 0. The fraction of sp³-hybridized carbons (Fsp3) is 0.368. The first-order chi connectivity index (χ1) is 11.4. The van der Waals surface area contributed by atoms with E-state index >= 15 is 0 Å². The van der Waals surface area contributed by atoms with E-state index in [0.717, 1.165) is 24.0 Å². The average molecular weight is 328 g/mol. The fourth-order valence-electron chi connectivity index (χ4n) is 3.58. The molecule has 2 heterocycles.